The van der Waals surface area contributed by atoms with E-state index in [2.05, 4.69) is 14.9 Å². The van der Waals surface area contributed by atoms with Crippen LogP contribution >= 0.6 is 0 Å². The third kappa shape index (κ3) is 2.67. The average Bonchev–Trinajstić information content (AvgIpc) is 3.14. The largest absolute Gasteiger partial charge is 0.340 e. The van der Waals surface area contributed by atoms with Crippen LogP contribution in [-0.2, 0) is 0 Å². The Bertz CT molecular complexity index is 687. The molecular formula is C18H20N4O. The Labute approximate surface area is 136 Å². The van der Waals surface area contributed by atoms with Gasteiger partial charge in [0, 0.05) is 56.0 Å². The summed E-state index contributed by atoms with van der Waals surface area (Å²) in [5.74, 6) is 2.00. The Morgan fingerprint density at radius 3 is 2.22 bits per heavy atom. The van der Waals surface area contributed by atoms with Crippen LogP contribution in [-0.4, -0.2) is 47.0 Å². The number of hydrogen-bond donors (Lipinski definition) is 0. The fourth-order valence-corrected chi connectivity index (χ4v) is 3.63. The molecule has 2 fully saturated rings. The Kier molecular flexibility index (Phi) is 3.48. The van der Waals surface area contributed by atoms with E-state index in [1.807, 2.05) is 54.5 Å². The summed E-state index contributed by atoms with van der Waals surface area (Å²) < 4.78 is 0. The number of likely N-dealkylation sites (tertiary alicyclic amines) is 1. The summed E-state index contributed by atoms with van der Waals surface area (Å²) in [6.07, 6.45) is 3.73. The molecule has 23 heavy (non-hydrogen) atoms. The summed E-state index contributed by atoms with van der Waals surface area (Å²) in [7, 11) is 0. The number of carbonyl (C=O) groups excluding carboxylic acids is 1. The molecule has 2 saturated heterocycles. The fraction of sp³-hybridized carbons (Fsp3) is 0.389. The van der Waals surface area contributed by atoms with E-state index in [0.717, 1.165) is 43.3 Å². The lowest BCUT2D eigenvalue weighted by molar-refractivity contribution is 0.0782. The second kappa shape index (κ2) is 5.65. The molecule has 0 unspecified atom stereocenters. The minimum absolute atomic E-state index is 0.151. The Morgan fingerprint density at radius 1 is 1.00 bits per heavy atom. The molecule has 2 aliphatic heterocycles. The van der Waals surface area contributed by atoms with Crippen LogP contribution in [0.4, 0.5) is 5.95 Å². The Balaban J connectivity index is 1.42. The molecule has 0 spiro atoms. The zero-order chi connectivity index (χ0) is 15.8. The quantitative estimate of drug-likeness (QED) is 0.851. The first-order valence-corrected chi connectivity index (χ1v) is 8.08. The SMILES string of the molecule is Cc1cnc(N2C[C@H]3CN(C(=O)c4ccccc4)C[C@H]3C2)nc1. The highest BCUT2D eigenvalue weighted by Gasteiger charge is 2.42. The van der Waals surface area contributed by atoms with E-state index in [0.29, 0.717) is 11.8 Å². The molecule has 1 aromatic carbocycles. The summed E-state index contributed by atoms with van der Waals surface area (Å²) in [6.45, 7) is 5.54. The van der Waals surface area contributed by atoms with Gasteiger partial charge in [0.15, 0.2) is 0 Å². The zero-order valence-corrected chi connectivity index (χ0v) is 13.2. The monoisotopic (exact) mass is 308 g/mol. The number of benzene rings is 1. The second-order valence-corrected chi connectivity index (χ2v) is 6.56. The first kappa shape index (κ1) is 14.2. The van der Waals surface area contributed by atoms with Gasteiger partial charge in [-0.2, -0.15) is 0 Å². The lowest BCUT2D eigenvalue weighted by Crippen LogP contribution is -2.33. The van der Waals surface area contributed by atoms with Crippen molar-refractivity contribution in [1.29, 1.82) is 0 Å². The minimum Gasteiger partial charge on any atom is -0.340 e. The van der Waals surface area contributed by atoms with Crippen LogP contribution in [0.1, 0.15) is 15.9 Å². The standard InChI is InChI=1S/C18H20N4O/c1-13-7-19-18(20-8-13)22-11-15-9-21(10-16(15)12-22)17(23)14-5-3-2-4-6-14/h2-8,15-16H,9-12H2,1H3/t15-,16+. The molecular weight excluding hydrogens is 288 g/mol. The minimum atomic E-state index is 0.151. The third-order valence-electron chi connectivity index (χ3n) is 4.84. The van der Waals surface area contributed by atoms with Crippen molar-refractivity contribution in [2.75, 3.05) is 31.1 Å². The van der Waals surface area contributed by atoms with Crippen LogP contribution in [0.3, 0.4) is 0 Å². The lowest BCUT2D eigenvalue weighted by atomic mass is 10.0. The van der Waals surface area contributed by atoms with Crippen LogP contribution in [0.25, 0.3) is 0 Å². The van der Waals surface area contributed by atoms with Crippen molar-refractivity contribution in [3.05, 3.63) is 53.9 Å². The van der Waals surface area contributed by atoms with E-state index in [1.54, 1.807) is 0 Å². The number of aryl methyl sites for hydroxylation is 1. The lowest BCUT2D eigenvalue weighted by Gasteiger charge is -2.21. The normalized spacial score (nSPS) is 23.2. The van der Waals surface area contributed by atoms with Gasteiger partial charge in [-0.1, -0.05) is 18.2 Å². The topological polar surface area (TPSA) is 49.3 Å². The number of nitrogens with zero attached hydrogens (tertiary/aromatic N) is 4. The summed E-state index contributed by atoms with van der Waals surface area (Å²) in [5, 5.41) is 0. The Morgan fingerprint density at radius 2 is 1.61 bits per heavy atom. The molecule has 3 heterocycles. The maximum atomic E-state index is 12.6. The number of rotatable bonds is 2. The van der Waals surface area contributed by atoms with Crippen molar-refractivity contribution in [2.45, 2.75) is 6.92 Å². The van der Waals surface area contributed by atoms with Crippen molar-refractivity contribution in [2.24, 2.45) is 11.8 Å². The molecule has 0 bridgehead atoms. The molecule has 0 N–H and O–H groups in total. The van der Waals surface area contributed by atoms with Gasteiger partial charge in [0.1, 0.15) is 0 Å². The maximum absolute atomic E-state index is 12.6. The molecule has 5 nitrogen and oxygen atoms in total. The van der Waals surface area contributed by atoms with E-state index >= 15 is 0 Å². The predicted octanol–water partition coefficient (Wildman–Crippen LogP) is 1.99. The number of hydrogen-bond acceptors (Lipinski definition) is 4. The number of amides is 1. The highest BCUT2D eigenvalue weighted by molar-refractivity contribution is 5.94. The first-order valence-electron chi connectivity index (χ1n) is 8.08. The first-order chi connectivity index (χ1) is 11.2. The highest BCUT2D eigenvalue weighted by Crippen LogP contribution is 2.33. The molecule has 0 aliphatic carbocycles. The summed E-state index contributed by atoms with van der Waals surface area (Å²) >= 11 is 0. The van der Waals surface area contributed by atoms with Crippen molar-refractivity contribution < 1.29 is 4.79 Å². The van der Waals surface area contributed by atoms with Crippen LogP contribution in [0.2, 0.25) is 0 Å². The average molecular weight is 308 g/mol. The third-order valence-corrected chi connectivity index (χ3v) is 4.84. The van der Waals surface area contributed by atoms with Gasteiger partial charge < -0.3 is 9.80 Å². The van der Waals surface area contributed by atoms with Crippen molar-refractivity contribution >= 4 is 11.9 Å². The van der Waals surface area contributed by atoms with Crippen molar-refractivity contribution in [1.82, 2.24) is 14.9 Å². The molecule has 2 aliphatic rings. The zero-order valence-electron chi connectivity index (χ0n) is 13.2. The summed E-state index contributed by atoms with van der Waals surface area (Å²) in [6, 6.07) is 9.56. The molecule has 1 amide bonds. The molecule has 1 aromatic heterocycles. The number of aromatic nitrogens is 2. The number of carbonyl (C=O) groups is 1. The van der Waals surface area contributed by atoms with Crippen LogP contribution in [0.15, 0.2) is 42.7 Å². The molecule has 2 atom stereocenters. The van der Waals surface area contributed by atoms with Gasteiger partial charge in [0.2, 0.25) is 5.95 Å². The molecule has 4 rings (SSSR count). The van der Waals surface area contributed by atoms with Crippen molar-refractivity contribution in [3.63, 3.8) is 0 Å². The van der Waals surface area contributed by atoms with Gasteiger partial charge in [-0.15, -0.1) is 0 Å². The van der Waals surface area contributed by atoms with Gasteiger partial charge in [-0.3, -0.25) is 4.79 Å². The van der Waals surface area contributed by atoms with E-state index in [9.17, 15) is 4.79 Å². The van der Waals surface area contributed by atoms with Crippen LogP contribution in [0, 0.1) is 18.8 Å². The van der Waals surface area contributed by atoms with E-state index in [-0.39, 0.29) is 5.91 Å². The van der Waals surface area contributed by atoms with Gasteiger partial charge in [-0.05, 0) is 24.6 Å². The van der Waals surface area contributed by atoms with Crippen LogP contribution < -0.4 is 4.90 Å². The van der Waals surface area contributed by atoms with Gasteiger partial charge in [0.25, 0.3) is 5.91 Å². The summed E-state index contributed by atoms with van der Waals surface area (Å²) in [5.41, 5.74) is 1.86. The van der Waals surface area contributed by atoms with Crippen molar-refractivity contribution in [3.8, 4) is 0 Å². The Hall–Kier alpha value is -2.43. The highest BCUT2D eigenvalue weighted by atomic mass is 16.2. The van der Waals surface area contributed by atoms with E-state index in [4.69, 9.17) is 0 Å². The molecule has 5 heteroatoms. The molecule has 0 radical (unpaired) electrons. The van der Waals surface area contributed by atoms with E-state index < -0.39 is 0 Å². The summed E-state index contributed by atoms with van der Waals surface area (Å²) in [4.78, 5) is 25.6. The number of fused-ring (bicyclic) bond motifs is 1. The molecule has 2 aromatic rings. The van der Waals surface area contributed by atoms with Gasteiger partial charge in [0.05, 0.1) is 0 Å². The van der Waals surface area contributed by atoms with E-state index in [1.165, 1.54) is 0 Å². The maximum Gasteiger partial charge on any atom is 0.253 e. The van der Waals surface area contributed by atoms with Gasteiger partial charge in [-0.25, -0.2) is 9.97 Å². The predicted molar refractivity (Wildman–Crippen MR) is 88.3 cm³/mol. The smallest absolute Gasteiger partial charge is 0.253 e. The van der Waals surface area contributed by atoms with Crippen LogP contribution in [0.5, 0.6) is 0 Å². The fourth-order valence-electron chi connectivity index (χ4n) is 3.63. The second-order valence-electron chi connectivity index (χ2n) is 6.56. The molecule has 0 saturated carbocycles. The number of anilines is 1. The molecule has 118 valence electrons. The van der Waals surface area contributed by atoms with Gasteiger partial charge >= 0.3 is 0 Å².